The zero-order valence-corrected chi connectivity index (χ0v) is 6.14. The number of carbonyl (C=O) groups excluding carboxylic acids is 1. The summed E-state index contributed by atoms with van der Waals surface area (Å²) in [7, 11) is 0. The molecule has 0 bridgehead atoms. The van der Waals surface area contributed by atoms with E-state index < -0.39 is 0 Å². The molecule has 0 saturated heterocycles. The molecule has 1 aliphatic heterocycles. The van der Waals surface area contributed by atoms with Gasteiger partial charge >= 0.3 is 0 Å². The van der Waals surface area contributed by atoms with Gasteiger partial charge in [-0.3, -0.25) is 4.79 Å². The fourth-order valence-corrected chi connectivity index (χ4v) is 0.955. The maximum absolute atomic E-state index is 10.4. The molecule has 1 aliphatic rings. The lowest BCUT2D eigenvalue weighted by Crippen LogP contribution is -2.25. The van der Waals surface area contributed by atoms with Crippen molar-refractivity contribution in [2.75, 3.05) is 0 Å². The highest BCUT2D eigenvalue weighted by molar-refractivity contribution is 6.63. The lowest BCUT2D eigenvalue weighted by Gasteiger charge is -2.12. The van der Waals surface area contributed by atoms with Crippen LogP contribution in [0, 0.1) is 0 Å². The summed E-state index contributed by atoms with van der Waals surface area (Å²) >= 11 is 5.17. The third kappa shape index (κ3) is 2.23. The molecule has 0 fully saturated rings. The van der Waals surface area contributed by atoms with Gasteiger partial charge in [0, 0.05) is 6.42 Å². The molecule has 1 heterocycles. The molecular weight excluding hydrogens is 150 g/mol. The highest BCUT2D eigenvalue weighted by Gasteiger charge is 2.07. The second kappa shape index (κ2) is 3.42. The molecule has 10 heavy (non-hydrogen) atoms. The van der Waals surface area contributed by atoms with Gasteiger partial charge in [0.05, 0.1) is 6.04 Å². The van der Waals surface area contributed by atoms with Crippen LogP contribution in [0.25, 0.3) is 0 Å². The average Bonchev–Trinajstić information content (AvgIpc) is 1.88. The fraction of sp³-hybridized carbons (Fsp3) is 0.286. The third-order valence-corrected chi connectivity index (χ3v) is 1.40. The van der Waals surface area contributed by atoms with Crippen LogP contribution < -0.4 is 5.32 Å². The zero-order chi connectivity index (χ0) is 7.40. The van der Waals surface area contributed by atoms with E-state index in [-0.39, 0.29) is 11.3 Å². The molecule has 54 valence electrons. The number of halogens is 1. The van der Waals surface area contributed by atoms with Crippen LogP contribution in [0.4, 0.5) is 0 Å². The Balaban J connectivity index is 2.37. The molecule has 2 nitrogen and oxygen atoms in total. The van der Waals surface area contributed by atoms with E-state index in [2.05, 4.69) is 5.32 Å². The van der Waals surface area contributed by atoms with E-state index in [9.17, 15) is 4.79 Å². The summed E-state index contributed by atoms with van der Waals surface area (Å²) in [6.07, 6.45) is 7.81. The summed E-state index contributed by atoms with van der Waals surface area (Å²) in [6, 6.07) is 0.0787. The van der Waals surface area contributed by atoms with Crippen molar-refractivity contribution in [2.24, 2.45) is 0 Å². The van der Waals surface area contributed by atoms with Crippen LogP contribution in [0.15, 0.2) is 24.4 Å². The number of hydrogen-bond donors (Lipinski definition) is 1. The Morgan fingerprint density at radius 1 is 1.60 bits per heavy atom. The van der Waals surface area contributed by atoms with Crippen molar-refractivity contribution in [3.63, 3.8) is 0 Å². The minimum atomic E-state index is -0.308. The summed E-state index contributed by atoms with van der Waals surface area (Å²) in [6.45, 7) is 0. The molecule has 0 amide bonds. The number of hydrogen-bond acceptors (Lipinski definition) is 2. The molecule has 0 aliphatic carbocycles. The van der Waals surface area contributed by atoms with Gasteiger partial charge in [-0.15, -0.1) is 0 Å². The van der Waals surface area contributed by atoms with E-state index in [1.54, 1.807) is 6.20 Å². The van der Waals surface area contributed by atoms with E-state index in [4.69, 9.17) is 11.6 Å². The van der Waals surface area contributed by atoms with Crippen LogP contribution in [0.2, 0.25) is 0 Å². The monoisotopic (exact) mass is 157 g/mol. The van der Waals surface area contributed by atoms with Crippen LogP contribution in [0.3, 0.4) is 0 Å². The second-order valence-corrected chi connectivity index (χ2v) is 2.50. The topological polar surface area (TPSA) is 29.1 Å². The predicted octanol–water partition coefficient (Wildman–Crippen LogP) is 1.18. The molecular formula is C7H8ClNO. The third-order valence-electron chi connectivity index (χ3n) is 1.24. The predicted molar refractivity (Wildman–Crippen MR) is 40.7 cm³/mol. The number of nitrogens with one attached hydrogen (secondary N) is 1. The quantitative estimate of drug-likeness (QED) is 0.610. The number of carbonyl (C=O) groups is 1. The molecule has 1 unspecified atom stereocenters. The summed E-state index contributed by atoms with van der Waals surface area (Å²) in [4.78, 5) is 10.4. The number of rotatable bonds is 2. The van der Waals surface area contributed by atoms with Gasteiger partial charge in [-0.1, -0.05) is 12.2 Å². The Bertz CT molecular complexity index is 186. The highest BCUT2D eigenvalue weighted by atomic mass is 35.5. The van der Waals surface area contributed by atoms with Gasteiger partial charge in [0.15, 0.2) is 0 Å². The minimum Gasteiger partial charge on any atom is -0.384 e. The Kier molecular flexibility index (Phi) is 2.51. The molecule has 0 aromatic carbocycles. The molecule has 0 saturated carbocycles. The molecule has 1 atom stereocenters. The Morgan fingerprint density at radius 3 is 2.90 bits per heavy atom. The SMILES string of the molecule is O=C(Cl)CC1C=CC=CN1. The zero-order valence-electron chi connectivity index (χ0n) is 5.38. The first-order valence-corrected chi connectivity index (χ1v) is 3.44. The summed E-state index contributed by atoms with van der Waals surface area (Å²) in [5.74, 6) is 0. The van der Waals surface area contributed by atoms with Crippen LogP contribution in [-0.4, -0.2) is 11.3 Å². The van der Waals surface area contributed by atoms with Gasteiger partial charge in [-0.2, -0.15) is 0 Å². The maximum Gasteiger partial charge on any atom is 0.224 e. The fourth-order valence-electron chi connectivity index (χ4n) is 0.788. The van der Waals surface area contributed by atoms with Crippen LogP contribution in [-0.2, 0) is 4.79 Å². The summed E-state index contributed by atoms with van der Waals surface area (Å²) in [5.41, 5.74) is 0. The molecule has 3 heteroatoms. The van der Waals surface area contributed by atoms with Gasteiger partial charge in [-0.05, 0) is 23.9 Å². The van der Waals surface area contributed by atoms with E-state index in [0.717, 1.165) is 0 Å². The van der Waals surface area contributed by atoms with Gasteiger partial charge in [0.2, 0.25) is 5.24 Å². The van der Waals surface area contributed by atoms with Crippen LogP contribution in [0.5, 0.6) is 0 Å². The Labute approximate surface area is 64.6 Å². The van der Waals surface area contributed by atoms with E-state index >= 15 is 0 Å². The summed E-state index contributed by atoms with van der Waals surface area (Å²) < 4.78 is 0. The molecule has 0 aromatic heterocycles. The molecule has 0 aromatic rings. The lowest BCUT2D eigenvalue weighted by molar-refractivity contribution is -0.111. The van der Waals surface area contributed by atoms with Gasteiger partial charge < -0.3 is 5.32 Å². The standard InChI is InChI=1S/C7H8ClNO/c8-7(10)5-6-3-1-2-4-9-6/h1-4,6,9H,5H2. The molecule has 0 spiro atoms. The lowest BCUT2D eigenvalue weighted by atomic mass is 10.2. The minimum absolute atomic E-state index is 0.0787. The first-order valence-electron chi connectivity index (χ1n) is 3.07. The van der Waals surface area contributed by atoms with E-state index in [1.807, 2.05) is 18.2 Å². The summed E-state index contributed by atoms with van der Waals surface area (Å²) in [5, 5.41) is 2.67. The first-order chi connectivity index (χ1) is 4.79. The van der Waals surface area contributed by atoms with Gasteiger partial charge in [-0.25, -0.2) is 0 Å². The van der Waals surface area contributed by atoms with E-state index in [1.165, 1.54) is 0 Å². The Hall–Kier alpha value is -0.760. The molecule has 1 N–H and O–H groups in total. The van der Waals surface area contributed by atoms with Crippen molar-refractivity contribution < 1.29 is 4.79 Å². The number of allylic oxidation sites excluding steroid dienone is 2. The van der Waals surface area contributed by atoms with Crippen molar-refractivity contribution in [3.05, 3.63) is 24.4 Å². The molecule has 1 rings (SSSR count). The number of dihydropyridines is 1. The van der Waals surface area contributed by atoms with Crippen molar-refractivity contribution >= 4 is 16.8 Å². The normalized spacial score (nSPS) is 22.3. The second-order valence-electron chi connectivity index (χ2n) is 2.08. The van der Waals surface area contributed by atoms with Crippen molar-refractivity contribution in [2.45, 2.75) is 12.5 Å². The van der Waals surface area contributed by atoms with Crippen LogP contribution in [0.1, 0.15) is 6.42 Å². The van der Waals surface area contributed by atoms with E-state index in [0.29, 0.717) is 6.42 Å². The van der Waals surface area contributed by atoms with Gasteiger partial charge in [0.25, 0.3) is 0 Å². The molecule has 0 radical (unpaired) electrons. The highest BCUT2D eigenvalue weighted by Crippen LogP contribution is 2.01. The smallest absolute Gasteiger partial charge is 0.224 e. The van der Waals surface area contributed by atoms with Crippen molar-refractivity contribution in [1.29, 1.82) is 0 Å². The average molecular weight is 158 g/mol. The van der Waals surface area contributed by atoms with Crippen molar-refractivity contribution in [3.8, 4) is 0 Å². The van der Waals surface area contributed by atoms with Crippen LogP contribution >= 0.6 is 11.6 Å². The largest absolute Gasteiger partial charge is 0.384 e. The van der Waals surface area contributed by atoms with Crippen molar-refractivity contribution in [1.82, 2.24) is 5.32 Å². The maximum atomic E-state index is 10.4. The first kappa shape index (κ1) is 7.35. The Morgan fingerprint density at radius 2 is 2.40 bits per heavy atom. The van der Waals surface area contributed by atoms with Gasteiger partial charge in [0.1, 0.15) is 0 Å².